The lowest BCUT2D eigenvalue weighted by molar-refractivity contribution is -0.145. The van der Waals surface area contributed by atoms with Crippen molar-refractivity contribution < 1.29 is 23.8 Å². The molecule has 1 aromatic carbocycles. The lowest BCUT2D eigenvalue weighted by atomic mass is 9.44. The van der Waals surface area contributed by atoms with E-state index in [1.54, 1.807) is 11.8 Å². The van der Waals surface area contributed by atoms with Crippen LogP contribution in [-0.2, 0) is 30.4 Å². The number of carbonyl (C=O) groups is 2. The zero-order chi connectivity index (χ0) is 33.3. The fourth-order valence-electron chi connectivity index (χ4n) is 11.7. The molecule has 5 aliphatic rings. The number of ether oxygens (including phenoxy) is 3. The molecule has 0 bridgehead atoms. The molecule has 1 unspecified atom stereocenters. The van der Waals surface area contributed by atoms with Crippen LogP contribution in [0.1, 0.15) is 104 Å². The molecule has 1 aliphatic heterocycles. The van der Waals surface area contributed by atoms with E-state index in [1.807, 2.05) is 13.2 Å². The third kappa shape index (κ3) is 6.93. The van der Waals surface area contributed by atoms with Crippen molar-refractivity contribution >= 4 is 23.6 Å². The second kappa shape index (κ2) is 14.7. The smallest absolute Gasteiger partial charge is 0.328 e. The molecule has 7 heteroatoms. The van der Waals surface area contributed by atoms with E-state index in [0.717, 1.165) is 48.9 Å². The fraction of sp³-hybridized carbons (Fsp3) is 0.800. The Morgan fingerprint density at radius 3 is 2.53 bits per heavy atom. The van der Waals surface area contributed by atoms with Crippen LogP contribution in [-0.4, -0.2) is 55.3 Å². The van der Waals surface area contributed by atoms with E-state index in [1.165, 1.54) is 64.0 Å². The quantitative estimate of drug-likeness (QED) is 0.227. The van der Waals surface area contributed by atoms with E-state index in [2.05, 4.69) is 56.4 Å². The normalized spacial score (nSPS) is 40.3. The highest BCUT2D eigenvalue weighted by Gasteiger charge is 2.65. The first-order valence-corrected chi connectivity index (χ1v) is 20.2. The van der Waals surface area contributed by atoms with Crippen LogP contribution in [0.2, 0.25) is 0 Å². The first-order valence-electron chi connectivity index (χ1n) is 18.8. The van der Waals surface area contributed by atoms with Crippen molar-refractivity contribution in [2.45, 2.75) is 129 Å². The van der Waals surface area contributed by atoms with Gasteiger partial charge in [0.15, 0.2) is 0 Å². The second-order valence-electron chi connectivity index (χ2n) is 16.6. The Hall–Kier alpha value is -1.57. The van der Waals surface area contributed by atoms with Crippen LogP contribution in [0.15, 0.2) is 30.3 Å². The van der Waals surface area contributed by atoms with E-state index in [-0.39, 0.29) is 23.9 Å². The highest BCUT2D eigenvalue weighted by atomic mass is 32.2. The molecule has 1 aromatic rings. The molecule has 262 valence electrons. The van der Waals surface area contributed by atoms with Gasteiger partial charge in [-0.3, -0.25) is 4.79 Å². The number of fused-ring (bicyclic) bond motifs is 7. The van der Waals surface area contributed by atoms with E-state index in [9.17, 15) is 9.59 Å². The predicted octanol–water partition coefficient (Wildman–Crippen LogP) is 8.07. The Morgan fingerprint density at radius 2 is 1.79 bits per heavy atom. The molecule has 5 fully saturated rings. The Balaban J connectivity index is 1.02. The van der Waals surface area contributed by atoms with Crippen LogP contribution in [0.5, 0.6) is 0 Å². The molecule has 1 N–H and O–H groups in total. The first-order chi connectivity index (χ1) is 22.6. The van der Waals surface area contributed by atoms with E-state index >= 15 is 0 Å². The summed E-state index contributed by atoms with van der Waals surface area (Å²) in [5.41, 5.74) is 2.09. The van der Waals surface area contributed by atoms with E-state index < -0.39 is 6.04 Å². The minimum Gasteiger partial charge on any atom is -0.467 e. The number of thioether (sulfide) groups is 1. The van der Waals surface area contributed by atoms with E-state index in [4.69, 9.17) is 14.2 Å². The van der Waals surface area contributed by atoms with Gasteiger partial charge in [-0.2, -0.15) is 11.8 Å². The van der Waals surface area contributed by atoms with Crippen molar-refractivity contribution in [2.24, 2.45) is 52.3 Å². The van der Waals surface area contributed by atoms with Gasteiger partial charge in [0.25, 0.3) is 0 Å². The molecule has 1 heterocycles. The number of hydrogen-bond acceptors (Lipinski definition) is 6. The summed E-state index contributed by atoms with van der Waals surface area (Å²) in [6.45, 7) is 10.4. The summed E-state index contributed by atoms with van der Waals surface area (Å²) < 4.78 is 18.4. The summed E-state index contributed by atoms with van der Waals surface area (Å²) in [6, 6.07) is 10.1. The van der Waals surface area contributed by atoms with Crippen LogP contribution >= 0.6 is 11.8 Å². The maximum atomic E-state index is 13.1. The minimum atomic E-state index is -0.573. The maximum absolute atomic E-state index is 13.1. The average molecular weight is 668 g/mol. The standard InChI is InChI=1S/C40H61NO5S/c1-25(37(42)41-33(18-21-47-6)38(43)44-5)12-15-34-26(2)36-35(46-34)23-32-30-14-13-28-22-29(45-24-27-10-8-7-9-11-27)16-19-39(28,3)31(30)17-20-40(32,36)4/h7-11,25-26,28-36H,12-24H2,1-6H3,(H,41,42)/t25-,26+,28+,29-,30+,31-,32-,33?,34+,35-,36-,39-,40-/m0/s1. The van der Waals surface area contributed by atoms with Crippen LogP contribution in [0.3, 0.4) is 0 Å². The van der Waals surface area contributed by atoms with Gasteiger partial charge in [-0.25, -0.2) is 4.79 Å². The Bertz CT molecular complexity index is 1230. The highest BCUT2D eigenvalue weighted by Crippen LogP contribution is 2.70. The molecule has 0 spiro atoms. The van der Waals surface area contributed by atoms with Crippen molar-refractivity contribution in [2.75, 3.05) is 19.1 Å². The number of amides is 1. The Labute approximate surface area is 288 Å². The molecule has 0 radical (unpaired) electrons. The summed E-state index contributed by atoms with van der Waals surface area (Å²) in [5.74, 6) is 4.57. The third-order valence-corrected chi connectivity index (χ3v) is 14.9. The third-order valence-electron chi connectivity index (χ3n) is 14.3. The summed E-state index contributed by atoms with van der Waals surface area (Å²) in [5, 5.41) is 2.96. The van der Waals surface area contributed by atoms with Gasteiger partial charge in [0.05, 0.1) is 32.0 Å². The molecule has 6 rings (SSSR count). The highest BCUT2D eigenvalue weighted by molar-refractivity contribution is 7.98. The van der Waals surface area contributed by atoms with Gasteiger partial charge in [-0.05, 0) is 135 Å². The average Bonchev–Trinajstić information content (AvgIpc) is 3.56. The molecular formula is C40H61NO5S. The molecule has 4 saturated carbocycles. The van der Waals surface area contributed by atoms with Gasteiger partial charge in [0, 0.05) is 5.92 Å². The van der Waals surface area contributed by atoms with Gasteiger partial charge in [-0.15, -0.1) is 0 Å². The van der Waals surface area contributed by atoms with Gasteiger partial charge in [0.2, 0.25) is 5.91 Å². The fourth-order valence-corrected chi connectivity index (χ4v) is 12.1. The SMILES string of the molecule is COC(=O)C(CCSC)NC(=O)[C@@H](C)CC[C@H]1O[C@H]2C[C@H]3[C@@H]4CC[C@@H]5C[C@@H](OCc6ccccc6)CC[C@]5(C)[C@H]4CC[C@]3(C)[C@H]2[C@@H]1C. The maximum Gasteiger partial charge on any atom is 0.328 e. The summed E-state index contributed by atoms with van der Waals surface area (Å²) in [6.07, 6.45) is 15.7. The van der Waals surface area contributed by atoms with Crippen LogP contribution < -0.4 is 5.32 Å². The monoisotopic (exact) mass is 667 g/mol. The van der Waals surface area contributed by atoms with E-state index in [0.29, 0.717) is 41.3 Å². The Morgan fingerprint density at radius 1 is 1.02 bits per heavy atom. The number of benzene rings is 1. The minimum absolute atomic E-state index is 0.0569. The zero-order valence-corrected chi connectivity index (χ0v) is 30.7. The van der Waals surface area contributed by atoms with Gasteiger partial charge in [-0.1, -0.05) is 58.0 Å². The molecule has 1 saturated heterocycles. The molecule has 13 atom stereocenters. The predicted molar refractivity (Wildman–Crippen MR) is 189 cm³/mol. The molecule has 1 amide bonds. The number of carbonyl (C=O) groups excluding carboxylic acids is 2. The van der Waals surface area contributed by atoms with Crippen molar-refractivity contribution in [3.63, 3.8) is 0 Å². The lowest BCUT2D eigenvalue weighted by Gasteiger charge is -2.61. The number of methoxy groups -OCH3 is 1. The van der Waals surface area contributed by atoms with Gasteiger partial charge < -0.3 is 19.5 Å². The second-order valence-corrected chi connectivity index (χ2v) is 17.6. The number of rotatable bonds is 12. The number of hydrogen-bond donors (Lipinski definition) is 1. The zero-order valence-electron chi connectivity index (χ0n) is 29.9. The van der Waals surface area contributed by atoms with Crippen molar-refractivity contribution in [1.82, 2.24) is 5.32 Å². The van der Waals surface area contributed by atoms with Crippen molar-refractivity contribution in [3.8, 4) is 0 Å². The summed E-state index contributed by atoms with van der Waals surface area (Å²) in [4.78, 5) is 25.3. The van der Waals surface area contributed by atoms with Crippen LogP contribution in [0.25, 0.3) is 0 Å². The first kappa shape index (κ1) is 35.3. The molecular weight excluding hydrogens is 607 g/mol. The van der Waals surface area contributed by atoms with Gasteiger partial charge >= 0.3 is 5.97 Å². The molecule has 47 heavy (non-hydrogen) atoms. The lowest BCUT2D eigenvalue weighted by Crippen LogP contribution is -2.54. The summed E-state index contributed by atoms with van der Waals surface area (Å²) >= 11 is 1.67. The topological polar surface area (TPSA) is 73.9 Å². The number of nitrogens with one attached hydrogen (secondary N) is 1. The van der Waals surface area contributed by atoms with Crippen LogP contribution in [0, 0.1) is 52.3 Å². The van der Waals surface area contributed by atoms with Gasteiger partial charge in [0.1, 0.15) is 6.04 Å². The molecule has 0 aromatic heterocycles. The van der Waals surface area contributed by atoms with Crippen molar-refractivity contribution in [3.05, 3.63) is 35.9 Å². The van der Waals surface area contributed by atoms with Crippen molar-refractivity contribution in [1.29, 1.82) is 0 Å². The Kier molecular flexibility index (Phi) is 11.1. The molecule has 4 aliphatic carbocycles. The largest absolute Gasteiger partial charge is 0.467 e. The summed E-state index contributed by atoms with van der Waals surface area (Å²) in [7, 11) is 1.39. The number of esters is 1. The van der Waals surface area contributed by atoms with Crippen LogP contribution in [0.4, 0.5) is 0 Å². The molecule has 6 nitrogen and oxygen atoms in total.